The zero-order valence-corrected chi connectivity index (χ0v) is 56.5. The van der Waals surface area contributed by atoms with E-state index in [1.165, 1.54) is 141 Å². The van der Waals surface area contributed by atoms with E-state index in [0.29, 0.717) is 12.8 Å². The summed E-state index contributed by atoms with van der Waals surface area (Å²) in [6.45, 7) is 1.61. The van der Waals surface area contributed by atoms with Crippen molar-refractivity contribution in [2.24, 2.45) is 0 Å². The molecule has 0 aromatic carbocycles. The van der Waals surface area contributed by atoms with Gasteiger partial charge < -0.3 is 89.9 Å². The molecule has 19 nitrogen and oxygen atoms in total. The summed E-state index contributed by atoms with van der Waals surface area (Å²) in [6, 6.07) is -1.000. The molecule has 0 radical (unpaired) electrons. The van der Waals surface area contributed by atoms with Crippen LogP contribution in [-0.4, -0.2) is 193 Å². The SMILES string of the molecule is CC/C=C\C/C=C\C/C=C\C/C=C\CCCCCCCCCCC(=O)NC(COC1OC(CO)C(OC2OC(CO)C(OC3OC(CO)C(O)C(O)C3O)C(O)C2O)C(O)C1O)C(O)/C=C/CC/C=C/CCCCCCCCCCCCCCCCCCCCCC. The van der Waals surface area contributed by atoms with Crippen molar-refractivity contribution >= 4 is 5.91 Å². The number of ether oxygens (including phenoxy) is 6. The summed E-state index contributed by atoms with van der Waals surface area (Å²) in [4.78, 5) is 13.4. The molecular formula is C73H129NO18. The number of allylic oxidation sites excluding steroid dienone is 11. The van der Waals surface area contributed by atoms with Crippen LogP contribution in [0.15, 0.2) is 72.9 Å². The average molecular weight is 1310 g/mol. The second kappa shape index (κ2) is 54.3. The van der Waals surface area contributed by atoms with Crippen molar-refractivity contribution in [1.29, 1.82) is 0 Å². The van der Waals surface area contributed by atoms with Gasteiger partial charge >= 0.3 is 0 Å². The van der Waals surface area contributed by atoms with Crippen LogP contribution in [0.3, 0.4) is 0 Å². The summed E-state index contributed by atoms with van der Waals surface area (Å²) in [5.41, 5.74) is 0. The number of hydrogen-bond donors (Lipinski definition) is 12. The second-order valence-corrected chi connectivity index (χ2v) is 25.7. The third-order valence-corrected chi connectivity index (χ3v) is 17.7. The van der Waals surface area contributed by atoms with Crippen LogP contribution in [0.5, 0.6) is 0 Å². The lowest BCUT2D eigenvalue weighted by Crippen LogP contribution is -2.66. The molecular weight excluding hydrogens is 1180 g/mol. The van der Waals surface area contributed by atoms with Crippen LogP contribution in [0.25, 0.3) is 0 Å². The van der Waals surface area contributed by atoms with Crippen molar-refractivity contribution < 1.29 is 89.4 Å². The van der Waals surface area contributed by atoms with Crippen LogP contribution in [-0.2, 0) is 33.2 Å². The minimum Gasteiger partial charge on any atom is -0.394 e. The minimum absolute atomic E-state index is 0.223. The van der Waals surface area contributed by atoms with Crippen molar-refractivity contribution in [3.05, 3.63) is 72.9 Å². The number of nitrogens with one attached hydrogen (secondary N) is 1. The fourth-order valence-electron chi connectivity index (χ4n) is 11.9. The lowest BCUT2D eigenvalue weighted by atomic mass is 9.96. The Hall–Kier alpha value is -2.77. The van der Waals surface area contributed by atoms with E-state index in [1.807, 2.05) is 6.08 Å². The molecule has 92 heavy (non-hydrogen) atoms. The fourth-order valence-corrected chi connectivity index (χ4v) is 11.9. The van der Waals surface area contributed by atoms with Gasteiger partial charge in [0.15, 0.2) is 18.9 Å². The number of amides is 1. The number of rotatable bonds is 55. The van der Waals surface area contributed by atoms with E-state index in [-0.39, 0.29) is 18.9 Å². The maximum absolute atomic E-state index is 13.4. The van der Waals surface area contributed by atoms with Crippen LogP contribution < -0.4 is 5.32 Å². The zero-order chi connectivity index (χ0) is 66.8. The van der Waals surface area contributed by atoms with Gasteiger partial charge in [-0.3, -0.25) is 4.79 Å². The molecule has 3 aliphatic heterocycles. The highest BCUT2D eigenvalue weighted by atomic mass is 16.8. The lowest BCUT2D eigenvalue weighted by Gasteiger charge is -2.48. The smallest absolute Gasteiger partial charge is 0.220 e. The maximum atomic E-state index is 13.4. The number of unbranched alkanes of at least 4 members (excludes halogenated alkanes) is 29. The van der Waals surface area contributed by atoms with Gasteiger partial charge in [0, 0.05) is 6.42 Å². The van der Waals surface area contributed by atoms with E-state index in [2.05, 4.69) is 79.9 Å². The topological polar surface area (TPSA) is 307 Å². The first-order chi connectivity index (χ1) is 44.8. The fraction of sp³-hybridized carbons (Fsp3) is 0.822. The van der Waals surface area contributed by atoms with Gasteiger partial charge in [0.25, 0.3) is 0 Å². The molecule has 17 atom stereocenters. The summed E-state index contributed by atoms with van der Waals surface area (Å²) >= 11 is 0. The van der Waals surface area contributed by atoms with Crippen LogP contribution in [0.4, 0.5) is 0 Å². The Kier molecular flexibility index (Phi) is 49.2. The van der Waals surface area contributed by atoms with E-state index in [9.17, 15) is 61.0 Å². The third-order valence-electron chi connectivity index (χ3n) is 17.7. The monoisotopic (exact) mass is 1310 g/mol. The molecule has 0 saturated carbocycles. The molecule has 3 saturated heterocycles. The molecule has 3 rings (SSSR count). The number of aliphatic hydroxyl groups excluding tert-OH is 11. The van der Waals surface area contributed by atoms with E-state index in [1.54, 1.807) is 6.08 Å². The van der Waals surface area contributed by atoms with E-state index in [4.69, 9.17) is 28.4 Å². The highest BCUT2D eigenvalue weighted by Gasteiger charge is 2.53. The quantitative estimate of drug-likeness (QED) is 0.0199. The predicted molar refractivity (Wildman–Crippen MR) is 360 cm³/mol. The molecule has 12 N–H and O–H groups in total. The minimum atomic E-state index is -1.99. The van der Waals surface area contributed by atoms with E-state index < -0.39 is 124 Å². The highest BCUT2D eigenvalue weighted by Crippen LogP contribution is 2.33. The Balaban J connectivity index is 1.44. The zero-order valence-electron chi connectivity index (χ0n) is 56.5. The number of hydrogen-bond acceptors (Lipinski definition) is 18. The van der Waals surface area contributed by atoms with Gasteiger partial charge in [-0.05, 0) is 70.6 Å². The Morgan fingerprint density at radius 2 is 0.761 bits per heavy atom. The summed E-state index contributed by atoms with van der Waals surface area (Å²) in [7, 11) is 0. The van der Waals surface area contributed by atoms with E-state index in [0.717, 1.165) is 77.0 Å². The molecule has 0 bridgehead atoms. The molecule has 3 aliphatic rings. The van der Waals surface area contributed by atoms with Crippen LogP contribution in [0.2, 0.25) is 0 Å². The highest BCUT2D eigenvalue weighted by molar-refractivity contribution is 5.76. The molecule has 0 spiro atoms. The van der Waals surface area contributed by atoms with Gasteiger partial charge in [0.2, 0.25) is 5.91 Å². The first-order valence-electron chi connectivity index (χ1n) is 36.2. The second-order valence-electron chi connectivity index (χ2n) is 25.7. The summed E-state index contributed by atoms with van der Waals surface area (Å²) < 4.78 is 34.4. The van der Waals surface area contributed by atoms with Crippen molar-refractivity contribution in [3.63, 3.8) is 0 Å². The number of carbonyl (C=O) groups excluding carboxylic acids is 1. The molecule has 19 heteroatoms. The number of aliphatic hydroxyl groups is 11. The van der Waals surface area contributed by atoms with Crippen molar-refractivity contribution in [2.45, 2.75) is 356 Å². The Labute approximate surface area is 553 Å². The average Bonchev–Trinajstić information content (AvgIpc) is 0.838. The summed E-state index contributed by atoms with van der Waals surface area (Å²) in [5.74, 6) is -0.295. The van der Waals surface area contributed by atoms with Crippen LogP contribution in [0.1, 0.15) is 251 Å². The Morgan fingerprint density at radius 3 is 1.22 bits per heavy atom. The van der Waals surface area contributed by atoms with Gasteiger partial charge in [0.05, 0.1) is 38.6 Å². The summed E-state index contributed by atoms with van der Waals surface area (Å²) in [6.07, 6.45) is 41.6. The third kappa shape index (κ3) is 35.5. The maximum Gasteiger partial charge on any atom is 0.220 e. The van der Waals surface area contributed by atoms with Gasteiger partial charge in [-0.2, -0.15) is 0 Å². The van der Waals surface area contributed by atoms with Crippen molar-refractivity contribution in [3.8, 4) is 0 Å². The molecule has 0 aromatic rings. The molecule has 17 unspecified atom stereocenters. The first kappa shape index (κ1) is 83.5. The Morgan fingerprint density at radius 1 is 0.402 bits per heavy atom. The lowest BCUT2D eigenvalue weighted by molar-refractivity contribution is -0.379. The molecule has 3 heterocycles. The Bertz CT molecular complexity index is 1950. The molecule has 1 amide bonds. The van der Waals surface area contributed by atoms with Crippen molar-refractivity contribution in [1.82, 2.24) is 5.32 Å². The van der Waals surface area contributed by atoms with Gasteiger partial charge in [-0.15, -0.1) is 0 Å². The molecule has 3 fully saturated rings. The summed E-state index contributed by atoms with van der Waals surface area (Å²) in [5, 5.41) is 121. The predicted octanol–water partition coefficient (Wildman–Crippen LogP) is 10.1. The van der Waals surface area contributed by atoms with Crippen molar-refractivity contribution in [2.75, 3.05) is 26.4 Å². The first-order valence-corrected chi connectivity index (χ1v) is 36.2. The molecule has 0 aliphatic carbocycles. The normalized spacial score (nSPS) is 28.1. The van der Waals surface area contributed by atoms with Crippen LogP contribution >= 0.6 is 0 Å². The standard InChI is InChI=1S/C73H129NO18/c1-3-5-7-9-11-13-15-17-19-21-23-25-26-27-28-29-31-32-34-36-38-40-42-44-46-48-50-57(78)56(74-61(79)51-49-47-45-43-41-39-37-35-33-30-24-22-20-18-16-14-12-10-8-6-4-2)55-87-71-67(85)64(82)69(59(53-76)89-71)92-73-68(86)65(83)70(60(54-77)90-73)91-72-66(84)63(81)62(80)58(52-75)88-72/h6,8,12,14,18,20,24,30,40,42,48,50,56-60,62-73,75-78,80-86H,3-5,7,9-11,13,15-17,19,21-23,25-29,31-39,41,43-47,49,51-55H2,1-2H3,(H,74,79)/b8-6-,14-12-,20-18-,30-24-,42-40+,50-48+. The largest absolute Gasteiger partial charge is 0.394 e. The van der Waals surface area contributed by atoms with Gasteiger partial charge in [0.1, 0.15) is 73.2 Å². The van der Waals surface area contributed by atoms with Gasteiger partial charge in [-0.25, -0.2) is 0 Å². The number of carbonyl (C=O) groups is 1. The molecule has 0 aromatic heterocycles. The van der Waals surface area contributed by atoms with Crippen LogP contribution in [0, 0.1) is 0 Å². The van der Waals surface area contributed by atoms with E-state index >= 15 is 0 Å². The van der Waals surface area contributed by atoms with Gasteiger partial charge in [-0.1, -0.05) is 247 Å². The molecule has 534 valence electrons.